The molecule has 3 nitrogen and oxygen atoms in total. The third-order valence-corrected chi connectivity index (χ3v) is 5.24. The van der Waals surface area contributed by atoms with Crippen LogP contribution in [-0.2, 0) is 6.42 Å². The molecule has 0 radical (unpaired) electrons. The van der Waals surface area contributed by atoms with E-state index in [1.54, 1.807) is 6.20 Å². The number of anilines is 1. The molecule has 1 amide bonds. The molecule has 0 saturated heterocycles. The molecular formula is C17H11BrClFN2OS. The van der Waals surface area contributed by atoms with Crippen molar-refractivity contribution in [2.45, 2.75) is 6.42 Å². The topological polar surface area (TPSA) is 42.0 Å². The fourth-order valence-electron chi connectivity index (χ4n) is 2.11. The minimum Gasteiger partial charge on any atom is -0.298 e. The van der Waals surface area contributed by atoms with Gasteiger partial charge in [-0.05, 0) is 45.8 Å². The highest BCUT2D eigenvalue weighted by molar-refractivity contribution is 9.10. The third-order valence-electron chi connectivity index (χ3n) is 3.27. The summed E-state index contributed by atoms with van der Waals surface area (Å²) < 4.78 is 13.8. The third kappa shape index (κ3) is 4.01. The molecule has 2 aromatic carbocycles. The van der Waals surface area contributed by atoms with Gasteiger partial charge in [0.2, 0.25) is 0 Å². The molecule has 122 valence electrons. The first-order valence-electron chi connectivity index (χ1n) is 6.97. The molecule has 7 heteroatoms. The van der Waals surface area contributed by atoms with Gasteiger partial charge in [-0.2, -0.15) is 0 Å². The number of nitrogens with zero attached hydrogens (tertiary/aromatic N) is 1. The molecule has 0 saturated carbocycles. The van der Waals surface area contributed by atoms with Gasteiger partial charge in [0.1, 0.15) is 5.82 Å². The number of benzene rings is 2. The molecule has 0 unspecified atom stereocenters. The largest absolute Gasteiger partial charge is 0.298 e. The highest BCUT2D eigenvalue weighted by Gasteiger charge is 2.14. The van der Waals surface area contributed by atoms with E-state index in [1.165, 1.54) is 29.5 Å². The molecule has 0 bridgehead atoms. The summed E-state index contributed by atoms with van der Waals surface area (Å²) in [4.78, 5) is 17.4. The Morgan fingerprint density at radius 2 is 2.08 bits per heavy atom. The molecule has 3 rings (SSSR count). The van der Waals surface area contributed by atoms with Crippen LogP contribution in [0.25, 0.3) is 0 Å². The summed E-state index contributed by atoms with van der Waals surface area (Å²) in [7, 11) is 0. The highest BCUT2D eigenvalue weighted by atomic mass is 79.9. The van der Waals surface area contributed by atoms with Crippen LogP contribution in [0, 0.1) is 5.82 Å². The predicted molar refractivity (Wildman–Crippen MR) is 98.4 cm³/mol. The first kappa shape index (κ1) is 17.1. The summed E-state index contributed by atoms with van der Waals surface area (Å²) in [5.41, 5.74) is 1.21. The van der Waals surface area contributed by atoms with Crippen molar-refractivity contribution >= 4 is 49.9 Å². The standard InChI is InChI=1S/C17H11BrClFN2OS/c18-14-6-5-11(20)8-13(14)16(23)22-17-21-9-12(24-17)7-10-3-1-2-4-15(10)19/h1-6,8-9H,7H2,(H,21,22,23). The van der Waals surface area contributed by atoms with Gasteiger partial charge in [-0.1, -0.05) is 29.8 Å². The molecule has 3 aromatic rings. The monoisotopic (exact) mass is 424 g/mol. The maximum absolute atomic E-state index is 13.3. The zero-order valence-corrected chi connectivity index (χ0v) is 15.4. The number of hydrogen-bond acceptors (Lipinski definition) is 3. The lowest BCUT2D eigenvalue weighted by molar-refractivity contribution is 0.102. The first-order chi connectivity index (χ1) is 11.5. The van der Waals surface area contributed by atoms with Gasteiger partial charge in [0.25, 0.3) is 5.91 Å². The molecule has 0 aliphatic carbocycles. The van der Waals surface area contributed by atoms with Crippen LogP contribution in [0.5, 0.6) is 0 Å². The van der Waals surface area contributed by atoms with E-state index < -0.39 is 11.7 Å². The van der Waals surface area contributed by atoms with E-state index in [-0.39, 0.29) is 5.56 Å². The van der Waals surface area contributed by atoms with Crippen molar-refractivity contribution in [1.82, 2.24) is 4.98 Å². The van der Waals surface area contributed by atoms with Crippen molar-refractivity contribution < 1.29 is 9.18 Å². The van der Waals surface area contributed by atoms with Crippen molar-refractivity contribution in [3.8, 4) is 0 Å². The van der Waals surface area contributed by atoms with Crippen LogP contribution in [0.2, 0.25) is 5.02 Å². The molecule has 0 fully saturated rings. The van der Waals surface area contributed by atoms with Gasteiger partial charge in [0.05, 0.1) is 5.56 Å². The lowest BCUT2D eigenvalue weighted by Gasteiger charge is -2.04. The van der Waals surface area contributed by atoms with Crippen molar-refractivity contribution in [2.24, 2.45) is 0 Å². The number of rotatable bonds is 4. The fourth-order valence-corrected chi connectivity index (χ4v) is 3.57. The van der Waals surface area contributed by atoms with Crippen molar-refractivity contribution in [2.75, 3.05) is 5.32 Å². The van der Waals surface area contributed by atoms with Crippen LogP contribution in [0.15, 0.2) is 53.1 Å². The summed E-state index contributed by atoms with van der Waals surface area (Å²) in [5.74, 6) is -0.887. The van der Waals surface area contributed by atoms with Crippen LogP contribution >= 0.6 is 38.9 Å². The summed E-state index contributed by atoms with van der Waals surface area (Å²) in [5, 5.41) is 3.84. The first-order valence-corrected chi connectivity index (χ1v) is 8.96. The molecule has 0 aliphatic heterocycles. The lowest BCUT2D eigenvalue weighted by Crippen LogP contribution is -2.12. The van der Waals surface area contributed by atoms with E-state index in [4.69, 9.17) is 11.6 Å². The Morgan fingerprint density at radius 3 is 2.88 bits per heavy atom. The van der Waals surface area contributed by atoms with E-state index in [0.717, 1.165) is 10.4 Å². The van der Waals surface area contributed by atoms with E-state index in [1.807, 2.05) is 24.3 Å². The number of carbonyl (C=O) groups excluding carboxylic acids is 1. The minimum atomic E-state index is -0.470. The van der Waals surface area contributed by atoms with Crippen molar-refractivity contribution in [3.63, 3.8) is 0 Å². The lowest BCUT2D eigenvalue weighted by atomic mass is 10.1. The van der Waals surface area contributed by atoms with Crippen LogP contribution in [0.1, 0.15) is 20.8 Å². The molecule has 1 aromatic heterocycles. The van der Waals surface area contributed by atoms with Crippen LogP contribution in [0.4, 0.5) is 9.52 Å². The van der Waals surface area contributed by atoms with Crippen molar-refractivity contribution in [1.29, 1.82) is 0 Å². The Hall–Kier alpha value is -1.76. The average Bonchev–Trinajstić information content (AvgIpc) is 2.99. The van der Waals surface area contributed by atoms with Crippen LogP contribution < -0.4 is 5.32 Å². The van der Waals surface area contributed by atoms with Gasteiger partial charge in [-0.3, -0.25) is 10.1 Å². The molecule has 1 N–H and O–H groups in total. The predicted octanol–water partition coefficient (Wildman–Crippen LogP) is 5.54. The van der Waals surface area contributed by atoms with Gasteiger partial charge in [-0.25, -0.2) is 9.37 Å². The number of amides is 1. The van der Waals surface area contributed by atoms with Crippen LogP contribution in [0.3, 0.4) is 0 Å². The van der Waals surface area contributed by atoms with E-state index >= 15 is 0 Å². The molecule has 0 atom stereocenters. The number of hydrogen-bond donors (Lipinski definition) is 1. The van der Waals surface area contributed by atoms with Gasteiger partial charge in [0.15, 0.2) is 5.13 Å². The van der Waals surface area contributed by atoms with E-state index in [2.05, 4.69) is 26.2 Å². The van der Waals surface area contributed by atoms with E-state index in [0.29, 0.717) is 21.0 Å². The Labute approximate surface area is 155 Å². The smallest absolute Gasteiger partial charge is 0.258 e. The summed E-state index contributed by atoms with van der Waals surface area (Å²) in [6.07, 6.45) is 2.33. The number of nitrogens with one attached hydrogen (secondary N) is 1. The summed E-state index contributed by atoms with van der Waals surface area (Å²) in [6, 6.07) is 11.5. The number of aromatic nitrogens is 1. The number of thiazole rings is 1. The molecular weight excluding hydrogens is 415 g/mol. The molecule has 0 spiro atoms. The average molecular weight is 426 g/mol. The second-order valence-electron chi connectivity index (χ2n) is 4.98. The minimum absolute atomic E-state index is 0.220. The second kappa shape index (κ2) is 7.42. The number of carbonyl (C=O) groups is 1. The van der Waals surface area contributed by atoms with Gasteiger partial charge in [-0.15, -0.1) is 11.3 Å². The molecule has 24 heavy (non-hydrogen) atoms. The van der Waals surface area contributed by atoms with Crippen molar-refractivity contribution in [3.05, 3.63) is 80.0 Å². The highest BCUT2D eigenvalue weighted by Crippen LogP contribution is 2.26. The Kier molecular flexibility index (Phi) is 5.28. The molecule has 1 heterocycles. The van der Waals surface area contributed by atoms with Crippen LogP contribution in [-0.4, -0.2) is 10.9 Å². The number of halogens is 3. The summed E-state index contributed by atoms with van der Waals surface area (Å²) >= 11 is 10.8. The Bertz CT molecular complexity index is 900. The molecule has 0 aliphatic rings. The normalized spacial score (nSPS) is 10.6. The second-order valence-corrected chi connectivity index (χ2v) is 7.35. The SMILES string of the molecule is O=C(Nc1ncc(Cc2ccccc2Cl)s1)c1cc(F)ccc1Br. The summed E-state index contributed by atoms with van der Waals surface area (Å²) in [6.45, 7) is 0. The maximum atomic E-state index is 13.3. The zero-order valence-electron chi connectivity index (χ0n) is 12.2. The van der Waals surface area contributed by atoms with Gasteiger partial charge >= 0.3 is 0 Å². The quantitative estimate of drug-likeness (QED) is 0.596. The van der Waals surface area contributed by atoms with Gasteiger partial charge < -0.3 is 0 Å². The van der Waals surface area contributed by atoms with Gasteiger partial charge in [0, 0.05) is 27.0 Å². The maximum Gasteiger partial charge on any atom is 0.258 e. The fraction of sp³-hybridized carbons (Fsp3) is 0.0588. The Balaban J connectivity index is 1.73. The van der Waals surface area contributed by atoms with E-state index in [9.17, 15) is 9.18 Å². The Morgan fingerprint density at radius 1 is 1.29 bits per heavy atom. The zero-order chi connectivity index (χ0) is 17.1.